The van der Waals surface area contributed by atoms with Crippen molar-refractivity contribution in [3.8, 4) is 0 Å². The third kappa shape index (κ3) is 1.23. The van der Waals surface area contributed by atoms with Crippen LogP contribution in [0.1, 0.15) is 36.4 Å². The van der Waals surface area contributed by atoms with Gasteiger partial charge in [-0.15, -0.1) is 0 Å². The highest BCUT2D eigenvalue weighted by atomic mass is 15.1. The van der Waals surface area contributed by atoms with E-state index in [1.807, 2.05) is 10.6 Å². The number of fused-ring (bicyclic) bond motifs is 1. The van der Waals surface area contributed by atoms with Crippen LogP contribution in [0.2, 0.25) is 0 Å². The molecule has 1 fully saturated rings. The SMILES string of the molecule is Cc1ccn2c(N)c(C3CCC3)nc2c1. The summed E-state index contributed by atoms with van der Waals surface area (Å²) in [5, 5.41) is 0. The number of nitrogens with zero attached hydrogens (tertiary/aromatic N) is 2. The quantitative estimate of drug-likeness (QED) is 0.770. The third-order valence-corrected chi connectivity index (χ3v) is 3.34. The van der Waals surface area contributed by atoms with E-state index in [0.29, 0.717) is 5.92 Å². The van der Waals surface area contributed by atoms with Gasteiger partial charge in [-0.2, -0.15) is 0 Å². The van der Waals surface area contributed by atoms with Crippen molar-refractivity contribution in [3.63, 3.8) is 0 Å². The predicted octanol–water partition coefficient (Wildman–Crippen LogP) is 2.49. The monoisotopic (exact) mass is 201 g/mol. The number of rotatable bonds is 1. The zero-order valence-corrected chi connectivity index (χ0v) is 8.90. The van der Waals surface area contributed by atoms with Gasteiger partial charge >= 0.3 is 0 Å². The summed E-state index contributed by atoms with van der Waals surface area (Å²) < 4.78 is 1.99. The number of hydrogen-bond acceptors (Lipinski definition) is 2. The largest absolute Gasteiger partial charge is 0.383 e. The molecule has 0 spiro atoms. The average Bonchev–Trinajstić information content (AvgIpc) is 2.41. The fourth-order valence-corrected chi connectivity index (χ4v) is 2.17. The molecule has 0 unspecified atom stereocenters. The minimum Gasteiger partial charge on any atom is -0.383 e. The van der Waals surface area contributed by atoms with Crippen molar-refractivity contribution in [2.24, 2.45) is 0 Å². The third-order valence-electron chi connectivity index (χ3n) is 3.34. The maximum absolute atomic E-state index is 6.10. The highest BCUT2D eigenvalue weighted by molar-refractivity contribution is 5.55. The molecule has 1 saturated carbocycles. The minimum atomic E-state index is 0.602. The standard InChI is InChI=1S/C12H15N3/c1-8-5-6-15-10(7-8)14-11(12(15)13)9-3-2-4-9/h5-7,9H,2-4,13H2,1H3. The molecule has 2 heterocycles. The van der Waals surface area contributed by atoms with E-state index in [0.717, 1.165) is 17.2 Å². The lowest BCUT2D eigenvalue weighted by molar-refractivity contribution is 0.414. The Bertz CT molecular complexity index is 509. The Kier molecular flexibility index (Phi) is 1.75. The van der Waals surface area contributed by atoms with E-state index >= 15 is 0 Å². The lowest BCUT2D eigenvalue weighted by Crippen LogP contribution is -2.11. The van der Waals surface area contributed by atoms with Gasteiger partial charge in [0.1, 0.15) is 11.5 Å². The number of imidazole rings is 1. The number of anilines is 1. The van der Waals surface area contributed by atoms with Gasteiger partial charge in [0.2, 0.25) is 0 Å². The van der Waals surface area contributed by atoms with E-state index in [4.69, 9.17) is 5.73 Å². The molecule has 0 radical (unpaired) electrons. The topological polar surface area (TPSA) is 43.3 Å². The summed E-state index contributed by atoms with van der Waals surface area (Å²) in [5.41, 5.74) is 9.41. The lowest BCUT2D eigenvalue weighted by atomic mass is 9.83. The zero-order valence-electron chi connectivity index (χ0n) is 8.90. The van der Waals surface area contributed by atoms with Crippen LogP contribution in [0.4, 0.5) is 5.82 Å². The Balaban J connectivity index is 2.19. The number of nitrogens with two attached hydrogens (primary N) is 1. The highest BCUT2D eigenvalue weighted by Crippen LogP contribution is 2.38. The number of pyridine rings is 1. The second-order valence-corrected chi connectivity index (χ2v) is 4.44. The molecule has 0 aromatic carbocycles. The average molecular weight is 201 g/mol. The minimum absolute atomic E-state index is 0.602. The van der Waals surface area contributed by atoms with Gasteiger partial charge in [0, 0.05) is 12.1 Å². The van der Waals surface area contributed by atoms with Crippen LogP contribution in [0.15, 0.2) is 18.3 Å². The molecular weight excluding hydrogens is 186 g/mol. The fourth-order valence-electron chi connectivity index (χ4n) is 2.17. The molecule has 3 heteroatoms. The van der Waals surface area contributed by atoms with Gasteiger partial charge in [0.05, 0.1) is 5.69 Å². The van der Waals surface area contributed by atoms with Crippen molar-refractivity contribution in [3.05, 3.63) is 29.6 Å². The van der Waals surface area contributed by atoms with E-state index in [2.05, 4.69) is 24.0 Å². The molecule has 78 valence electrons. The summed E-state index contributed by atoms with van der Waals surface area (Å²) in [6.07, 6.45) is 5.81. The Morgan fingerprint density at radius 2 is 2.27 bits per heavy atom. The Labute approximate surface area is 88.9 Å². The van der Waals surface area contributed by atoms with Crippen molar-refractivity contribution < 1.29 is 0 Å². The summed E-state index contributed by atoms with van der Waals surface area (Å²) in [4.78, 5) is 4.63. The van der Waals surface area contributed by atoms with Crippen LogP contribution in [0.3, 0.4) is 0 Å². The number of aromatic nitrogens is 2. The molecule has 0 aliphatic heterocycles. The summed E-state index contributed by atoms with van der Waals surface area (Å²) >= 11 is 0. The van der Waals surface area contributed by atoms with Crippen molar-refractivity contribution in [2.45, 2.75) is 32.1 Å². The van der Waals surface area contributed by atoms with Crippen LogP contribution >= 0.6 is 0 Å². The molecule has 0 atom stereocenters. The van der Waals surface area contributed by atoms with Gasteiger partial charge < -0.3 is 5.73 Å². The van der Waals surface area contributed by atoms with Crippen LogP contribution in [0.25, 0.3) is 5.65 Å². The number of hydrogen-bond donors (Lipinski definition) is 1. The molecule has 1 aliphatic carbocycles. The van der Waals surface area contributed by atoms with E-state index in [1.165, 1.54) is 24.8 Å². The Hall–Kier alpha value is -1.51. The van der Waals surface area contributed by atoms with Gasteiger partial charge in [-0.25, -0.2) is 4.98 Å². The zero-order chi connectivity index (χ0) is 10.4. The molecule has 2 N–H and O–H groups in total. The molecule has 2 aromatic heterocycles. The predicted molar refractivity (Wildman–Crippen MR) is 60.9 cm³/mol. The first-order valence-corrected chi connectivity index (χ1v) is 5.50. The van der Waals surface area contributed by atoms with Crippen molar-refractivity contribution in [1.29, 1.82) is 0 Å². The van der Waals surface area contributed by atoms with Crippen molar-refractivity contribution in [1.82, 2.24) is 9.38 Å². The van der Waals surface area contributed by atoms with Gasteiger partial charge in [0.15, 0.2) is 0 Å². The molecule has 0 bridgehead atoms. The molecule has 3 rings (SSSR count). The molecule has 0 saturated heterocycles. The number of aryl methyl sites for hydroxylation is 1. The summed E-state index contributed by atoms with van der Waals surface area (Å²) in [5.74, 6) is 1.43. The maximum atomic E-state index is 6.10. The van der Waals surface area contributed by atoms with Crippen LogP contribution in [0, 0.1) is 6.92 Å². The van der Waals surface area contributed by atoms with Gasteiger partial charge in [-0.05, 0) is 37.5 Å². The van der Waals surface area contributed by atoms with Gasteiger partial charge in [-0.3, -0.25) is 4.40 Å². The molecule has 2 aromatic rings. The summed E-state index contributed by atoms with van der Waals surface area (Å²) in [6, 6.07) is 4.15. The van der Waals surface area contributed by atoms with Crippen molar-refractivity contribution in [2.75, 3.05) is 5.73 Å². The summed E-state index contributed by atoms with van der Waals surface area (Å²) in [7, 11) is 0. The van der Waals surface area contributed by atoms with E-state index in [1.54, 1.807) is 0 Å². The van der Waals surface area contributed by atoms with Crippen LogP contribution in [0.5, 0.6) is 0 Å². The van der Waals surface area contributed by atoms with Gasteiger partial charge in [0.25, 0.3) is 0 Å². The van der Waals surface area contributed by atoms with E-state index in [9.17, 15) is 0 Å². The van der Waals surface area contributed by atoms with Crippen LogP contribution in [-0.2, 0) is 0 Å². The second kappa shape index (κ2) is 2.99. The van der Waals surface area contributed by atoms with E-state index < -0.39 is 0 Å². The van der Waals surface area contributed by atoms with Crippen LogP contribution < -0.4 is 5.73 Å². The first-order valence-electron chi connectivity index (χ1n) is 5.50. The van der Waals surface area contributed by atoms with Crippen LogP contribution in [-0.4, -0.2) is 9.38 Å². The normalized spacial score (nSPS) is 16.9. The highest BCUT2D eigenvalue weighted by Gasteiger charge is 2.25. The molecule has 1 aliphatic rings. The van der Waals surface area contributed by atoms with E-state index in [-0.39, 0.29) is 0 Å². The molecule has 15 heavy (non-hydrogen) atoms. The molecule has 0 amide bonds. The maximum Gasteiger partial charge on any atom is 0.138 e. The smallest absolute Gasteiger partial charge is 0.138 e. The summed E-state index contributed by atoms with van der Waals surface area (Å²) in [6.45, 7) is 2.08. The van der Waals surface area contributed by atoms with Gasteiger partial charge in [-0.1, -0.05) is 6.42 Å². The fraction of sp³-hybridized carbons (Fsp3) is 0.417. The van der Waals surface area contributed by atoms with Crippen molar-refractivity contribution >= 4 is 11.5 Å². The Morgan fingerprint density at radius 1 is 1.47 bits per heavy atom. The first-order chi connectivity index (χ1) is 7.25. The molecule has 3 nitrogen and oxygen atoms in total. The number of nitrogen functional groups attached to an aromatic ring is 1. The second-order valence-electron chi connectivity index (χ2n) is 4.44. The lowest BCUT2D eigenvalue weighted by Gasteiger charge is -2.23. The molecular formula is C12H15N3. The first kappa shape index (κ1) is 8.77. The Morgan fingerprint density at radius 3 is 2.93 bits per heavy atom.